The number of piperidine rings is 1. The number of pyridine rings is 1. The number of amides is 1. The van der Waals surface area contributed by atoms with Crippen molar-refractivity contribution in [2.75, 3.05) is 36.4 Å². The lowest BCUT2D eigenvalue weighted by atomic mass is 10.1. The maximum absolute atomic E-state index is 13.3. The van der Waals surface area contributed by atoms with E-state index in [0.717, 1.165) is 25.3 Å². The Morgan fingerprint density at radius 2 is 1.71 bits per heavy atom. The monoisotopic (exact) mass is 494 g/mol. The standard InChI is InChI=1S/C23H25F3N4O3S/c24-23(25,26)20-5-4-12-27-21(20)29-15-10-17(11-16-29)22(31)28-18-6-8-19(9-7-18)34(32,33)30-13-2-1-3-14-30/h4-10,12H,1-3,11,13-16H2,(H,28,31). The number of nitrogens with one attached hydrogen (secondary N) is 1. The molecule has 7 nitrogen and oxygen atoms in total. The predicted octanol–water partition coefficient (Wildman–Crippen LogP) is 4.05. The van der Waals surface area contributed by atoms with E-state index < -0.39 is 21.8 Å². The van der Waals surface area contributed by atoms with Gasteiger partial charge in [-0.05, 0) is 55.7 Å². The van der Waals surface area contributed by atoms with E-state index in [1.807, 2.05) is 0 Å². The zero-order valence-electron chi connectivity index (χ0n) is 18.4. The molecule has 11 heteroatoms. The molecule has 2 aromatic rings. The molecule has 0 atom stereocenters. The number of alkyl halides is 3. The zero-order chi connectivity index (χ0) is 24.3. The number of carbonyl (C=O) groups excluding carboxylic acids is 1. The number of hydrogen-bond donors (Lipinski definition) is 1. The van der Waals surface area contributed by atoms with Crippen molar-refractivity contribution in [1.82, 2.24) is 9.29 Å². The summed E-state index contributed by atoms with van der Waals surface area (Å²) in [5.74, 6) is -0.528. The van der Waals surface area contributed by atoms with Gasteiger partial charge in [-0.2, -0.15) is 17.5 Å². The van der Waals surface area contributed by atoms with Gasteiger partial charge in [0.2, 0.25) is 10.0 Å². The van der Waals surface area contributed by atoms with E-state index in [9.17, 15) is 26.4 Å². The summed E-state index contributed by atoms with van der Waals surface area (Å²) in [7, 11) is -3.56. The molecular formula is C23H25F3N4O3S. The summed E-state index contributed by atoms with van der Waals surface area (Å²) in [5, 5.41) is 2.73. The van der Waals surface area contributed by atoms with Crippen molar-refractivity contribution in [3.05, 3.63) is 59.8 Å². The maximum Gasteiger partial charge on any atom is 0.419 e. The third-order valence-corrected chi connectivity index (χ3v) is 7.87. The van der Waals surface area contributed by atoms with Gasteiger partial charge in [-0.25, -0.2) is 13.4 Å². The van der Waals surface area contributed by atoms with Crippen molar-refractivity contribution >= 4 is 27.4 Å². The van der Waals surface area contributed by atoms with Crippen LogP contribution in [0.3, 0.4) is 0 Å². The lowest BCUT2D eigenvalue weighted by Crippen LogP contribution is -2.35. The normalized spacial score (nSPS) is 17.9. The van der Waals surface area contributed by atoms with Crippen LogP contribution in [0.4, 0.5) is 24.7 Å². The summed E-state index contributed by atoms with van der Waals surface area (Å²) in [6.45, 7) is 1.35. The van der Waals surface area contributed by atoms with Crippen molar-refractivity contribution in [2.24, 2.45) is 0 Å². The molecule has 2 aliphatic heterocycles. The van der Waals surface area contributed by atoms with Crippen molar-refractivity contribution in [3.8, 4) is 0 Å². The summed E-state index contributed by atoms with van der Waals surface area (Å²) < 4.78 is 66.8. The van der Waals surface area contributed by atoms with Crippen molar-refractivity contribution in [2.45, 2.75) is 36.8 Å². The Bertz CT molecular complexity index is 1170. The number of nitrogens with zero attached hydrogens (tertiary/aromatic N) is 3. The Kier molecular flexibility index (Phi) is 6.94. The van der Waals surface area contributed by atoms with Crippen LogP contribution in [-0.2, 0) is 21.0 Å². The highest BCUT2D eigenvalue weighted by molar-refractivity contribution is 7.89. The van der Waals surface area contributed by atoms with E-state index in [-0.39, 0.29) is 36.1 Å². The van der Waals surface area contributed by atoms with Crippen LogP contribution >= 0.6 is 0 Å². The molecule has 0 radical (unpaired) electrons. The van der Waals surface area contributed by atoms with Gasteiger partial charge in [0.1, 0.15) is 5.82 Å². The molecule has 0 spiro atoms. The second-order valence-electron chi connectivity index (χ2n) is 8.24. The molecule has 0 saturated carbocycles. The Balaban J connectivity index is 1.40. The third kappa shape index (κ3) is 5.25. The van der Waals surface area contributed by atoms with E-state index in [1.165, 1.54) is 45.7 Å². The van der Waals surface area contributed by atoms with Gasteiger partial charge in [-0.15, -0.1) is 0 Å². The molecule has 2 aliphatic rings. The molecule has 1 amide bonds. The topological polar surface area (TPSA) is 82.6 Å². The molecule has 1 aromatic carbocycles. The fourth-order valence-electron chi connectivity index (χ4n) is 4.11. The zero-order valence-corrected chi connectivity index (χ0v) is 19.2. The molecule has 1 fully saturated rings. The first-order valence-corrected chi connectivity index (χ1v) is 12.5. The number of rotatable bonds is 5. The number of benzene rings is 1. The average Bonchev–Trinajstić information content (AvgIpc) is 2.84. The van der Waals surface area contributed by atoms with Gasteiger partial charge < -0.3 is 10.2 Å². The number of carbonyl (C=O) groups is 1. The molecule has 0 bridgehead atoms. The van der Waals surface area contributed by atoms with Gasteiger partial charge >= 0.3 is 6.18 Å². The molecule has 4 rings (SSSR count). The lowest BCUT2D eigenvalue weighted by Gasteiger charge is -2.29. The fourth-order valence-corrected chi connectivity index (χ4v) is 5.63. The van der Waals surface area contributed by atoms with Gasteiger partial charge in [-0.3, -0.25) is 4.79 Å². The van der Waals surface area contributed by atoms with Gasteiger partial charge in [0.25, 0.3) is 5.91 Å². The molecule has 182 valence electrons. The molecule has 1 aromatic heterocycles. The number of hydrogen-bond acceptors (Lipinski definition) is 5. The van der Waals surface area contributed by atoms with Crippen LogP contribution in [-0.4, -0.2) is 49.8 Å². The van der Waals surface area contributed by atoms with Crippen LogP contribution in [0, 0.1) is 0 Å². The average molecular weight is 495 g/mol. The van der Waals surface area contributed by atoms with Crippen LogP contribution in [0.15, 0.2) is 59.1 Å². The molecule has 34 heavy (non-hydrogen) atoms. The lowest BCUT2D eigenvalue weighted by molar-refractivity contribution is -0.137. The van der Waals surface area contributed by atoms with Crippen LogP contribution in [0.2, 0.25) is 0 Å². The molecule has 0 unspecified atom stereocenters. The first-order chi connectivity index (χ1) is 16.2. The van der Waals surface area contributed by atoms with Crippen LogP contribution < -0.4 is 10.2 Å². The smallest absolute Gasteiger partial charge is 0.352 e. The summed E-state index contributed by atoms with van der Waals surface area (Å²) in [4.78, 5) is 18.2. The van der Waals surface area contributed by atoms with Crippen molar-refractivity contribution in [3.63, 3.8) is 0 Å². The number of sulfonamides is 1. The molecule has 3 heterocycles. The van der Waals surface area contributed by atoms with Gasteiger partial charge in [0.15, 0.2) is 0 Å². The van der Waals surface area contributed by atoms with Gasteiger partial charge in [0.05, 0.1) is 10.5 Å². The number of aromatic nitrogens is 1. The Morgan fingerprint density at radius 1 is 1.00 bits per heavy atom. The van der Waals surface area contributed by atoms with Crippen LogP contribution in [0.1, 0.15) is 31.2 Å². The van der Waals surface area contributed by atoms with E-state index in [1.54, 1.807) is 6.08 Å². The minimum atomic E-state index is -4.52. The summed E-state index contributed by atoms with van der Waals surface area (Å²) >= 11 is 0. The molecule has 0 aliphatic carbocycles. The Labute approximate surface area is 196 Å². The Hall–Kier alpha value is -2.92. The highest BCUT2D eigenvalue weighted by atomic mass is 32.2. The maximum atomic E-state index is 13.3. The van der Waals surface area contributed by atoms with Crippen LogP contribution in [0.25, 0.3) is 0 Å². The summed E-state index contributed by atoms with van der Waals surface area (Å²) in [6.07, 6.45) is 1.35. The predicted molar refractivity (Wildman–Crippen MR) is 122 cm³/mol. The minimum absolute atomic E-state index is 0.121. The third-order valence-electron chi connectivity index (χ3n) is 5.96. The van der Waals surface area contributed by atoms with Crippen LogP contribution in [0.5, 0.6) is 0 Å². The highest BCUT2D eigenvalue weighted by Crippen LogP contribution is 2.36. The Morgan fingerprint density at radius 3 is 2.32 bits per heavy atom. The number of halogens is 3. The minimum Gasteiger partial charge on any atom is -0.352 e. The van der Waals surface area contributed by atoms with E-state index in [2.05, 4.69) is 10.3 Å². The second kappa shape index (κ2) is 9.75. The highest BCUT2D eigenvalue weighted by Gasteiger charge is 2.36. The first-order valence-electron chi connectivity index (χ1n) is 11.0. The SMILES string of the molecule is O=C(Nc1ccc(S(=O)(=O)N2CCCCC2)cc1)C1=CCN(c2ncccc2C(F)(F)F)CC1. The van der Waals surface area contributed by atoms with E-state index in [0.29, 0.717) is 24.4 Å². The number of anilines is 2. The van der Waals surface area contributed by atoms with Gasteiger partial charge in [-0.1, -0.05) is 12.5 Å². The molecule has 1 N–H and O–H groups in total. The first kappa shape index (κ1) is 24.2. The fraction of sp³-hybridized carbons (Fsp3) is 0.391. The second-order valence-corrected chi connectivity index (χ2v) is 10.2. The molecule has 1 saturated heterocycles. The quantitative estimate of drug-likeness (QED) is 0.678. The van der Waals surface area contributed by atoms with E-state index >= 15 is 0 Å². The molecular weight excluding hydrogens is 469 g/mol. The van der Waals surface area contributed by atoms with Crippen molar-refractivity contribution < 1.29 is 26.4 Å². The van der Waals surface area contributed by atoms with Crippen molar-refractivity contribution in [1.29, 1.82) is 0 Å². The summed E-state index contributed by atoms with van der Waals surface area (Å²) in [5.41, 5.74) is 0.0802. The van der Waals surface area contributed by atoms with E-state index in [4.69, 9.17) is 0 Å². The van der Waals surface area contributed by atoms with Gasteiger partial charge in [0, 0.05) is 43.6 Å². The summed E-state index contributed by atoms with van der Waals surface area (Å²) in [6, 6.07) is 8.24. The largest absolute Gasteiger partial charge is 0.419 e.